The molecule has 3 aromatic rings. The monoisotopic (exact) mass is 403 g/mol. The van der Waals surface area contributed by atoms with Crippen molar-refractivity contribution in [3.05, 3.63) is 87.9 Å². The summed E-state index contributed by atoms with van der Waals surface area (Å²) in [5.41, 5.74) is 1.41. The zero-order valence-electron chi connectivity index (χ0n) is 14.6. The van der Waals surface area contributed by atoms with Crippen LogP contribution < -0.4 is 5.32 Å². The van der Waals surface area contributed by atoms with Crippen molar-refractivity contribution >= 4 is 27.1 Å². The maximum absolute atomic E-state index is 13.2. The van der Waals surface area contributed by atoms with Gasteiger partial charge >= 0.3 is 0 Å². The molecule has 0 saturated carbocycles. The van der Waals surface area contributed by atoms with Crippen molar-refractivity contribution in [2.75, 3.05) is 6.54 Å². The van der Waals surface area contributed by atoms with Crippen LogP contribution in [0.3, 0.4) is 0 Å². The van der Waals surface area contributed by atoms with E-state index in [9.17, 15) is 17.6 Å². The Hall–Kier alpha value is -2.51. The number of halogens is 1. The maximum atomic E-state index is 13.2. The molecule has 3 rings (SSSR count). The zero-order valence-corrected chi connectivity index (χ0v) is 16.2. The normalized spacial score (nSPS) is 12.5. The van der Waals surface area contributed by atoms with E-state index in [-0.39, 0.29) is 17.3 Å². The fraction of sp³-hybridized carbons (Fsp3) is 0.150. The van der Waals surface area contributed by atoms with E-state index in [1.165, 1.54) is 23.5 Å². The van der Waals surface area contributed by atoms with Crippen LogP contribution in [0.15, 0.2) is 70.9 Å². The van der Waals surface area contributed by atoms with Crippen LogP contribution in [0.5, 0.6) is 0 Å². The number of carbonyl (C=O) groups is 1. The average molecular weight is 404 g/mol. The summed E-state index contributed by atoms with van der Waals surface area (Å²) in [7, 11) is -3.80. The Morgan fingerprint density at radius 3 is 2.48 bits per heavy atom. The molecule has 1 N–H and O–H groups in total. The lowest BCUT2D eigenvalue weighted by Gasteiger charge is -2.17. The van der Waals surface area contributed by atoms with E-state index in [4.69, 9.17) is 0 Å². The number of amides is 1. The molecule has 1 atom stereocenters. The molecule has 140 valence electrons. The van der Waals surface area contributed by atoms with Gasteiger partial charge in [-0.1, -0.05) is 23.8 Å². The zero-order chi connectivity index (χ0) is 19.4. The summed E-state index contributed by atoms with van der Waals surface area (Å²) in [4.78, 5) is 13.1. The van der Waals surface area contributed by atoms with Crippen molar-refractivity contribution in [3.8, 4) is 0 Å². The van der Waals surface area contributed by atoms with Crippen molar-refractivity contribution in [1.82, 2.24) is 5.32 Å². The predicted molar refractivity (Wildman–Crippen MR) is 104 cm³/mol. The molecule has 7 heteroatoms. The molecule has 1 amide bonds. The minimum Gasteiger partial charge on any atom is -0.350 e. The van der Waals surface area contributed by atoms with Gasteiger partial charge in [-0.25, -0.2) is 12.8 Å². The first-order valence-corrected chi connectivity index (χ1v) is 10.7. The van der Waals surface area contributed by atoms with Crippen molar-refractivity contribution in [2.24, 2.45) is 0 Å². The molecular weight excluding hydrogens is 385 g/mol. The second-order valence-corrected chi connectivity index (χ2v) is 9.19. The number of hydrogen-bond acceptors (Lipinski definition) is 4. The van der Waals surface area contributed by atoms with Gasteiger partial charge in [0.25, 0.3) is 5.91 Å². The number of hydrogen-bond donors (Lipinski definition) is 1. The summed E-state index contributed by atoms with van der Waals surface area (Å²) in [6, 6.07) is 15.3. The van der Waals surface area contributed by atoms with Crippen molar-refractivity contribution in [2.45, 2.75) is 17.1 Å². The summed E-state index contributed by atoms with van der Waals surface area (Å²) in [6.45, 7) is 1.80. The van der Waals surface area contributed by atoms with E-state index in [1.54, 1.807) is 35.7 Å². The fourth-order valence-corrected chi connectivity index (χ4v) is 5.48. The minimum atomic E-state index is -3.80. The van der Waals surface area contributed by atoms with Crippen LogP contribution in [-0.2, 0) is 9.84 Å². The van der Waals surface area contributed by atoms with E-state index in [1.807, 2.05) is 13.0 Å². The van der Waals surface area contributed by atoms with Gasteiger partial charge in [0, 0.05) is 17.0 Å². The number of carbonyl (C=O) groups excluding carboxylic acids is 1. The third kappa shape index (κ3) is 4.43. The number of rotatable bonds is 6. The maximum Gasteiger partial charge on any atom is 0.251 e. The number of sulfone groups is 1. The Bertz CT molecular complexity index is 1030. The molecule has 0 spiro atoms. The summed E-state index contributed by atoms with van der Waals surface area (Å²) in [6.07, 6.45) is 0. The van der Waals surface area contributed by atoms with E-state index in [0.29, 0.717) is 10.4 Å². The molecule has 4 nitrogen and oxygen atoms in total. The van der Waals surface area contributed by atoms with Gasteiger partial charge in [0.1, 0.15) is 11.1 Å². The van der Waals surface area contributed by atoms with E-state index in [0.717, 1.165) is 17.7 Å². The number of thiophene rings is 1. The molecule has 0 aliphatic heterocycles. The lowest BCUT2D eigenvalue weighted by molar-refractivity contribution is 0.0953. The molecule has 0 saturated heterocycles. The Morgan fingerprint density at radius 1 is 1.11 bits per heavy atom. The molecule has 0 unspecified atom stereocenters. The van der Waals surface area contributed by atoms with Crippen molar-refractivity contribution in [1.29, 1.82) is 0 Å². The van der Waals surface area contributed by atoms with Gasteiger partial charge in [-0.05, 0) is 54.8 Å². The second kappa shape index (κ2) is 8.02. The van der Waals surface area contributed by atoms with E-state index < -0.39 is 20.9 Å². The molecular formula is C20H18FNO3S2. The largest absolute Gasteiger partial charge is 0.350 e. The standard InChI is InChI=1S/C20H18FNO3S2/c1-14-4-2-5-15(12-14)20(23)22-13-19(18-6-3-11-26-18)27(24,25)17-9-7-16(21)8-10-17/h2-12,19H,13H2,1H3,(H,22,23)/t19-/m1/s1. The van der Waals surface area contributed by atoms with Crippen LogP contribution in [0, 0.1) is 12.7 Å². The third-order valence-electron chi connectivity index (χ3n) is 4.11. The first-order chi connectivity index (χ1) is 12.9. The fourth-order valence-electron chi connectivity index (χ4n) is 2.70. The Morgan fingerprint density at radius 2 is 1.85 bits per heavy atom. The molecule has 2 aromatic carbocycles. The first kappa shape index (κ1) is 19.3. The van der Waals surface area contributed by atoms with Gasteiger partial charge in [0.2, 0.25) is 0 Å². The lowest BCUT2D eigenvalue weighted by Crippen LogP contribution is -2.31. The molecule has 0 aliphatic carbocycles. The average Bonchev–Trinajstić information content (AvgIpc) is 3.16. The number of nitrogens with one attached hydrogen (secondary N) is 1. The van der Waals surface area contributed by atoms with E-state index >= 15 is 0 Å². The predicted octanol–water partition coefficient (Wildman–Crippen LogP) is 4.14. The summed E-state index contributed by atoms with van der Waals surface area (Å²) >= 11 is 1.30. The molecule has 0 fully saturated rings. The third-order valence-corrected chi connectivity index (χ3v) is 7.34. The quantitative estimate of drug-likeness (QED) is 0.629. The van der Waals surface area contributed by atoms with Crippen LogP contribution in [0.4, 0.5) is 4.39 Å². The van der Waals surface area contributed by atoms with Gasteiger partial charge in [-0.2, -0.15) is 0 Å². The van der Waals surface area contributed by atoms with Crippen LogP contribution >= 0.6 is 11.3 Å². The topological polar surface area (TPSA) is 63.2 Å². The second-order valence-electron chi connectivity index (χ2n) is 6.08. The van der Waals surface area contributed by atoms with Crippen LogP contribution in [0.1, 0.15) is 26.0 Å². The number of aryl methyl sites for hydroxylation is 1. The molecule has 1 heterocycles. The lowest BCUT2D eigenvalue weighted by atomic mass is 10.1. The van der Waals surface area contributed by atoms with Crippen molar-refractivity contribution < 1.29 is 17.6 Å². The Labute approximate surface area is 161 Å². The highest BCUT2D eigenvalue weighted by atomic mass is 32.2. The summed E-state index contributed by atoms with van der Waals surface area (Å²) in [5, 5.41) is 3.55. The smallest absolute Gasteiger partial charge is 0.251 e. The van der Waals surface area contributed by atoms with Gasteiger partial charge in [-0.3, -0.25) is 4.79 Å². The molecule has 0 bridgehead atoms. The van der Waals surface area contributed by atoms with Crippen LogP contribution in [0.2, 0.25) is 0 Å². The first-order valence-electron chi connectivity index (χ1n) is 8.25. The molecule has 1 aromatic heterocycles. The highest BCUT2D eigenvalue weighted by Crippen LogP contribution is 2.31. The van der Waals surface area contributed by atoms with Gasteiger partial charge in [0.15, 0.2) is 9.84 Å². The Kier molecular flexibility index (Phi) is 5.72. The highest BCUT2D eigenvalue weighted by Gasteiger charge is 2.30. The minimum absolute atomic E-state index is 0.0205. The molecule has 27 heavy (non-hydrogen) atoms. The Balaban J connectivity index is 1.86. The summed E-state index contributed by atoms with van der Waals surface area (Å²) in [5.74, 6) is -0.844. The summed E-state index contributed by atoms with van der Waals surface area (Å²) < 4.78 is 39.3. The number of benzene rings is 2. The van der Waals surface area contributed by atoms with Gasteiger partial charge < -0.3 is 5.32 Å². The van der Waals surface area contributed by atoms with Crippen LogP contribution in [0.25, 0.3) is 0 Å². The van der Waals surface area contributed by atoms with Gasteiger partial charge in [0.05, 0.1) is 4.90 Å². The van der Waals surface area contributed by atoms with Gasteiger partial charge in [-0.15, -0.1) is 11.3 Å². The van der Waals surface area contributed by atoms with E-state index in [2.05, 4.69) is 5.32 Å². The van der Waals surface area contributed by atoms with Crippen LogP contribution in [-0.4, -0.2) is 20.9 Å². The highest BCUT2D eigenvalue weighted by molar-refractivity contribution is 7.91. The molecule has 0 radical (unpaired) electrons. The molecule has 0 aliphatic rings. The van der Waals surface area contributed by atoms with Crippen molar-refractivity contribution in [3.63, 3.8) is 0 Å². The SMILES string of the molecule is Cc1cccc(C(=O)NC[C@H](c2cccs2)S(=O)(=O)c2ccc(F)cc2)c1.